The summed E-state index contributed by atoms with van der Waals surface area (Å²) in [5, 5.41) is 11.3. The molecule has 0 spiro atoms. The molecule has 3 fully saturated rings. The second kappa shape index (κ2) is 11.6. The summed E-state index contributed by atoms with van der Waals surface area (Å²) < 4.78 is 43.8. The lowest BCUT2D eigenvalue weighted by Crippen LogP contribution is -2.40. The molecule has 1 N–H and O–H groups in total. The van der Waals surface area contributed by atoms with Crippen LogP contribution in [0, 0.1) is 6.92 Å². The third kappa shape index (κ3) is 5.66. The van der Waals surface area contributed by atoms with Crippen LogP contribution in [0.4, 0.5) is 0 Å². The summed E-state index contributed by atoms with van der Waals surface area (Å²) in [7, 11) is -3.72. The predicted octanol–water partition coefficient (Wildman–Crippen LogP) is 1.75. The van der Waals surface area contributed by atoms with Crippen molar-refractivity contribution in [1.29, 1.82) is 0 Å². The molecule has 0 radical (unpaired) electrons. The summed E-state index contributed by atoms with van der Waals surface area (Å²) in [6, 6.07) is 8.23. The van der Waals surface area contributed by atoms with Gasteiger partial charge in [-0.2, -0.15) is 4.31 Å². The molecule has 210 valence electrons. The number of amides is 1. The highest BCUT2D eigenvalue weighted by Gasteiger charge is 2.47. The third-order valence-corrected chi connectivity index (χ3v) is 9.20. The molecule has 4 heterocycles. The Bertz CT molecular complexity index is 1340. The van der Waals surface area contributed by atoms with Crippen LogP contribution in [0.15, 0.2) is 51.3 Å². The number of benzene rings is 1. The number of ketones is 1. The number of Topliss-reactive ketones (excluding diaryl/α,β-unsaturated/α-hetero) is 1. The van der Waals surface area contributed by atoms with E-state index in [9.17, 15) is 23.1 Å². The maximum Gasteiger partial charge on any atom is 0.295 e. The normalized spacial score (nSPS) is 23.0. The molecule has 0 bridgehead atoms. The Hall–Kier alpha value is -3.03. The Morgan fingerprint density at radius 2 is 1.56 bits per heavy atom. The maximum atomic E-state index is 13.2. The van der Waals surface area contributed by atoms with Gasteiger partial charge in [-0.1, -0.05) is 0 Å². The molecule has 0 saturated carbocycles. The molecular weight excluding hydrogens is 526 g/mol. The van der Waals surface area contributed by atoms with E-state index in [0.29, 0.717) is 50.9 Å². The van der Waals surface area contributed by atoms with E-state index < -0.39 is 27.8 Å². The van der Waals surface area contributed by atoms with Crippen molar-refractivity contribution in [1.82, 2.24) is 14.1 Å². The molecule has 1 amide bonds. The van der Waals surface area contributed by atoms with Crippen molar-refractivity contribution in [3.63, 3.8) is 0 Å². The van der Waals surface area contributed by atoms with Gasteiger partial charge in [-0.05, 0) is 49.7 Å². The number of sulfonamides is 1. The largest absolute Gasteiger partial charge is 0.507 e. The lowest BCUT2D eigenvalue weighted by Gasteiger charge is -2.28. The first kappa shape index (κ1) is 27.5. The van der Waals surface area contributed by atoms with Gasteiger partial charge in [-0.15, -0.1) is 0 Å². The number of likely N-dealkylation sites (tertiary alicyclic amines) is 1. The van der Waals surface area contributed by atoms with Gasteiger partial charge in [0.15, 0.2) is 0 Å². The van der Waals surface area contributed by atoms with Gasteiger partial charge >= 0.3 is 0 Å². The van der Waals surface area contributed by atoms with Crippen LogP contribution in [-0.4, -0.2) is 105 Å². The smallest absolute Gasteiger partial charge is 0.295 e. The molecule has 0 aliphatic carbocycles. The Morgan fingerprint density at radius 1 is 0.923 bits per heavy atom. The highest BCUT2D eigenvalue weighted by atomic mass is 32.2. The third-order valence-electron chi connectivity index (χ3n) is 7.28. The first-order valence-electron chi connectivity index (χ1n) is 13.1. The highest BCUT2D eigenvalue weighted by Crippen LogP contribution is 2.40. The van der Waals surface area contributed by atoms with Gasteiger partial charge in [0, 0.05) is 44.8 Å². The van der Waals surface area contributed by atoms with Crippen LogP contribution in [0.1, 0.15) is 29.5 Å². The van der Waals surface area contributed by atoms with Gasteiger partial charge in [-0.3, -0.25) is 14.5 Å². The number of rotatable bonds is 8. The first-order valence-corrected chi connectivity index (χ1v) is 14.5. The molecule has 11 nitrogen and oxygen atoms in total. The lowest BCUT2D eigenvalue weighted by molar-refractivity contribution is -0.140. The zero-order valence-corrected chi connectivity index (χ0v) is 22.7. The fourth-order valence-corrected chi connectivity index (χ4v) is 6.58. The van der Waals surface area contributed by atoms with Crippen LogP contribution >= 0.6 is 0 Å². The number of hydrogen-bond acceptors (Lipinski definition) is 9. The molecule has 39 heavy (non-hydrogen) atoms. The minimum absolute atomic E-state index is 0.0720. The van der Waals surface area contributed by atoms with Crippen LogP contribution in [0.2, 0.25) is 0 Å². The molecule has 3 aliphatic heterocycles. The van der Waals surface area contributed by atoms with Crippen LogP contribution < -0.4 is 0 Å². The summed E-state index contributed by atoms with van der Waals surface area (Å²) in [4.78, 5) is 30.1. The molecule has 3 saturated heterocycles. The van der Waals surface area contributed by atoms with E-state index in [-0.39, 0.29) is 34.9 Å². The number of furan rings is 1. The Labute approximate surface area is 227 Å². The quantitative estimate of drug-likeness (QED) is 0.292. The van der Waals surface area contributed by atoms with Gasteiger partial charge in [-0.25, -0.2) is 8.42 Å². The van der Waals surface area contributed by atoms with E-state index in [4.69, 9.17) is 13.9 Å². The van der Waals surface area contributed by atoms with Gasteiger partial charge in [0.25, 0.3) is 11.7 Å². The number of aliphatic hydroxyl groups is 1. The number of hydrogen-bond donors (Lipinski definition) is 1. The van der Waals surface area contributed by atoms with Crippen molar-refractivity contribution in [3.8, 4) is 0 Å². The average Bonchev–Trinajstić information content (AvgIpc) is 3.49. The fourth-order valence-electron chi connectivity index (χ4n) is 5.17. The topological polar surface area (TPSA) is 130 Å². The van der Waals surface area contributed by atoms with E-state index in [1.54, 1.807) is 19.1 Å². The van der Waals surface area contributed by atoms with Crippen molar-refractivity contribution in [2.45, 2.75) is 24.3 Å². The molecule has 0 unspecified atom stereocenters. The van der Waals surface area contributed by atoms with Crippen LogP contribution in [0.5, 0.6) is 0 Å². The summed E-state index contributed by atoms with van der Waals surface area (Å²) in [6.45, 7) is 6.98. The number of carbonyl (C=O) groups is 2. The lowest BCUT2D eigenvalue weighted by atomic mass is 9.99. The number of aryl methyl sites for hydroxylation is 1. The van der Waals surface area contributed by atoms with Crippen molar-refractivity contribution >= 4 is 27.5 Å². The minimum atomic E-state index is -3.72. The molecule has 1 aromatic carbocycles. The standard InChI is InChI=1S/C27H33N3O8S/c1-19-3-8-22(38-19)24-23(26(32)27(33)30(24)10-2-9-28-11-15-36-16-12-28)25(31)20-4-6-21(7-5-20)39(34,35)29-13-17-37-18-14-29/h3-8,24,31H,2,9-18H2,1H3/t24-/m0/s1. The molecule has 12 heteroatoms. The number of morpholine rings is 2. The Balaban J connectivity index is 1.42. The molecular formula is C27H33N3O8S. The van der Waals surface area contributed by atoms with Gasteiger partial charge in [0.05, 0.1) is 36.9 Å². The van der Waals surface area contributed by atoms with E-state index in [1.165, 1.54) is 33.5 Å². The summed E-state index contributed by atoms with van der Waals surface area (Å²) in [6.07, 6.45) is 0.636. The zero-order chi connectivity index (χ0) is 27.6. The van der Waals surface area contributed by atoms with Crippen molar-refractivity contribution in [2.24, 2.45) is 0 Å². The molecule has 1 aromatic heterocycles. The van der Waals surface area contributed by atoms with E-state index in [2.05, 4.69) is 4.90 Å². The summed E-state index contributed by atoms with van der Waals surface area (Å²) >= 11 is 0. The predicted molar refractivity (Wildman–Crippen MR) is 140 cm³/mol. The number of ether oxygens (including phenoxy) is 2. The van der Waals surface area contributed by atoms with Gasteiger partial charge < -0.3 is 23.9 Å². The summed E-state index contributed by atoms with van der Waals surface area (Å²) in [5.74, 6) is -0.891. The van der Waals surface area contributed by atoms with Crippen LogP contribution in [0.25, 0.3) is 5.76 Å². The SMILES string of the molecule is Cc1ccc([C@H]2C(=C(O)c3ccc(S(=O)(=O)N4CCOCC4)cc3)C(=O)C(=O)N2CCCN2CCOCC2)o1. The Kier molecular flexibility index (Phi) is 8.19. The van der Waals surface area contributed by atoms with E-state index >= 15 is 0 Å². The van der Waals surface area contributed by atoms with Crippen molar-refractivity contribution in [3.05, 3.63) is 59.1 Å². The second-order valence-electron chi connectivity index (χ2n) is 9.79. The fraction of sp³-hybridized carbons (Fsp3) is 0.481. The number of aliphatic hydroxyl groups excluding tert-OH is 1. The van der Waals surface area contributed by atoms with E-state index in [1.807, 2.05) is 0 Å². The van der Waals surface area contributed by atoms with Gasteiger partial charge in [0.1, 0.15) is 23.3 Å². The Morgan fingerprint density at radius 3 is 2.18 bits per heavy atom. The first-order chi connectivity index (χ1) is 18.8. The zero-order valence-electron chi connectivity index (χ0n) is 21.9. The molecule has 5 rings (SSSR count). The second-order valence-corrected chi connectivity index (χ2v) is 11.7. The summed E-state index contributed by atoms with van der Waals surface area (Å²) in [5.41, 5.74) is 0.153. The van der Waals surface area contributed by atoms with Crippen molar-refractivity contribution in [2.75, 3.05) is 65.7 Å². The van der Waals surface area contributed by atoms with E-state index in [0.717, 1.165) is 19.6 Å². The molecule has 2 aromatic rings. The van der Waals surface area contributed by atoms with Gasteiger partial charge in [0.2, 0.25) is 10.0 Å². The van der Waals surface area contributed by atoms with Crippen LogP contribution in [-0.2, 0) is 29.1 Å². The van der Waals surface area contributed by atoms with Crippen LogP contribution in [0.3, 0.4) is 0 Å². The highest BCUT2D eigenvalue weighted by molar-refractivity contribution is 7.89. The number of nitrogens with zero attached hydrogens (tertiary/aromatic N) is 3. The average molecular weight is 560 g/mol. The number of carbonyl (C=O) groups excluding carboxylic acids is 2. The monoisotopic (exact) mass is 559 g/mol. The molecule has 3 aliphatic rings. The molecule has 1 atom stereocenters. The minimum Gasteiger partial charge on any atom is -0.507 e. The van der Waals surface area contributed by atoms with Crippen molar-refractivity contribution < 1.29 is 37.0 Å². The maximum absolute atomic E-state index is 13.2.